The van der Waals surface area contributed by atoms with E-state index < -0.39 is 0 Å². The number of amides is 1. The minimum atomic E-state index is -0.0227. The maximum absolute atomic E-state index is 11.2. The highest BCUT2D eigenvalue weighted by molar-refractivity contribution is 5.88. The molecule has 1 saturated carbocycles. The van der Waals surface area contributed by atoms with Gasteiger partial charge in [-0.3, -0.25) is 4.79 Å². The first-order valence-corrected chi connectivity index (χ1v) is 8.18. The first kappa shape index (κ1) is 16.0. The molecule has 3 unspecified atom stereocenters. The lowest BCUT2D eigenvalue weighted by atomic mass is 10.0. The molecule has 116 valence electrons. The summed E-state index contributed by atoms with van der Waals surface area (Å²) in [5.74, 6) is 0.848. The molecule has 1 aliphatic carbocycles. The van der Waals surface area contributed by atoms with Crippen LogP contribution in [-0.2, 0) is 4.79 Å². The lowest BCUT2D eigenvalue weighted by Gasteiger charge is -2.23. The third-order valence-electron chi connectivity index (χ3n) is 4.45. The van der Waals surface area contributed by atoms with E-state index >= 15 is 0 Å². The summed E-state index contributed by atoms with van der Waals surface area (Å²) in [5, 5.41) is 6.62. The highest BCUT2D eigenvalue weighted by Crippen LogP contribution is 2.25. The average molecular weight is 288 g/mol. The third kappa shape index (κ3) is 5.16. The largest absolute Gasteiger partial charge is 0.326 e. The first-order chi connectivity index (χ1) is 10.0. The number of carbonyl (C=O) groups is 1. The monoisotopic (exact) mass is 288 g/mol. The van der Waals surface area contributed by atoms with Crippen molar-refractivity contribution in [2.75, 3.05) is 5.32 Å². The van der Waals surface area contributed by atoms with E-state index in [-0.39, 0.29) is 5.91 Å². The van der Waals surface area contributed by atoms with Gasteiger partial charge in [0.2, 0.25) is 5.91 Å². The SMILES string of the molecule is CC(=O)Nc1cccc(C(C)NC2CCCC(C)CC2)c1. The van der Waals surface area contributed by atoms with Crippen LogP contribution < -0.4 is 10.6 Å². The molecule has 2 N–H and O–H groups in total. The zero-order chi connectivity index (χ0) is 15.2. The van der Waals surface area contributed by atoms with Gasteiger partial charge in [-0.05, 0) is 49.8 Å². The van der Waals surface area contributed by atoms with Crippen LogP contribution in [0.3, 0.4) is 0 Å². The van der Waals surface area contributed by atoms with Crippen molar-refractivity contribution in [2.24, 2.45) is 5.92 Å². The number of hydrogen-bond donors (Lipinski definition) is 2. The van der Waals surface area contributed by atoms with Crippen LogP contribution in [0.2, 0.25) is 0 Å². The summed E-state index contributed by atoms with van der Waals surface area (Å²) in [6.07, 6.45) is 6.58. The first-order valence-electron chi connectivity index (χ1n) is 8.18. The van der Waals surface area contributed by atoms with Gasteiger partial charge in [-0.1, -0.05) is 31.9 Å². The molecule has 3 heteroatoms. The Labute approximate surface area is 128 Å². The van der Waals surface area contributed by atoms with Crippen molar-refractivity contribution in [1.82, 2.24) is 5.32 Å². The zero-order valence-electron chi connectivity index (χ0n) is 13.5. The van der Waals surface area contributed by atoms with Crippen LogP contribution in [0.4, 0.5) is 5.69 Å². The van der Waals surface area contributed by atoms with Gasteiger partial charge < -0.3 is 10.6 Å². The van der Waals surface area contributed by atoms with E-state index in [2.05, 4.69) is 36.6 Å². The minimum absolute atomic E-state index is 0.0227. The van der Waals surface area contributed by atoms with E-state index in [1.807, 2.05) is 12.1 Å². The van der Waals surface area contributed by atoms with Crippen molar-refractivity contribution < 1.29 is 4.79 Å². The molecule has 0 heterocycles. The van der Waals surface area contributed by atoms with E-state index in [0.29, 0.717) is 12.1 Å². The Balaban J connectivity index is 1.96. The second kappa shape index (κ2) is 7.60. The van der Waals surface area contributed by atoms with Crippen molar-refractivity contribution >= 4 is 11.6 Å². The average Bonchev–Trinajstić information content (AvgIpc) is 2.63. The lowest BCUT2D eigenvalue weighted by molar-refractivity contribution is -0.114. The maximum Gasteiger partial charge on any atom is 0.221 e. The number of benzene rings is 1. The summed E-state index contributed by atoms with van der Waals surface area (Å²) >= 11 is 0. The number of carbonyl (C=O) groups excluding carboxylic acids is 1. The Morgan fingerprint density at radius 1 is 1.24 bits per heavy atom. The molecule has 2 rings (SSSR count). The predicted molar refractivity (Wildman–Crippen MR) is 88.3 cm³/mol. The van der Waals surface area contributed by atoms with Gasteiger partial charge >= 0.3 is 0 Å². The van der Waals surface area contributed by atoms with Crippen LogP contribution in [-0.4, -0.2) is 11.9 Å². The molecule has 0 spiro atoms. The quantitative estimate of drug-likeness (QED) is 0.813. The molecular weight excluding hydrogens is 260 g/mol. The Morgan fingerprint density at radius 2 is 2.05 bits per heavy atom. The van der Waals surface area contributed by atoms with Gasteiger partial charge in [0.1, 0.15) is 0 Å². The molecule has 1 fully saturated rings. The van der Waals surface area contributed by atoms with Crippen molar-refractivity contribution in [1.29, 1.82) is 0 Å². The van der Waals surface area contributed by atoms with Crippen molar-refractivity contribution in [2.45, 2.75) is 65.0 Å². The standard InChI is InChI=1S/C18H28N2O/c1-13-6-4-8-17(11-10-13)19-14(2)16-7-5-9-18(12-16)20-15(3)21/h5,7,9,12-14,17,19H,4,6,8,10-11H2,1-3H3,(H,20,21). The van der Waals surface area contributed by atoms with Crippen LogP contribution >= 0.6 is 0 Å². The highest BCUT2D eigenvalue weighted by Gasteiger charge is 2.18. The fourth-order valence-corrected chi connectivity index (χ4v) is 3.19. The van der Waals surface area contributed by atoms with Gasteiger partial charge in [-0.2, -0.15) is 0 Å². The molecule has 1 amide bonds. The highest BCUT2D eigenvalue weighted by atomic mass is 16.1. The number of rotatable bonds is 4. The maximum atomic E-state index is 11.2. The van der Waals surface area contributed by atoms with E-state index in [4.69, 9.17) is 0 Å². The normalized spacial score (nSPS) is 24.1. The van der Waals surface area contributed by atoms with Gasteiger partial charge in [0.05, 0.1) is 0 Å². The molecule has 1 aliphatic rings. The summed E-state index contributed by atoms with van der Waals surface area (Å²) in [4.78, 5) is 11.2. The van der Waals surface area contributed by atoms with Gasteiger partial charge in [0.25, 0.3) is 0 Å². The molecule has 0 bridgehead atoms. The molecule has 1 aromatic rings. The van der Waals surface area contributed by atoms with Crippen LogP contribution in [0, 0.1) is 5.92 Å². The summed E-state index contributed by atoms with van der Waals surface area (Å²) in [5.41, 5.74) is 2.11. The minimum Gasteiger partial charge on any atom is -0.326 e. The fourth-order valence-electron chi connectivity index (χ4n) is 3.19. The van der Waals surface area contributed by atoms with Crippen molar-refractivity contribution in [3.63, 3.8) is 0 Å². The van der Waals surface area contributed by atoms with Crippen molar-refractivity contribution in [3.05, 3.63) is 29.8 Å². The molecule has 1 aromatic carbocycles. The van der Waals surface area contributed by atoms with Crippen LogP contribution in [0.25, 0.3) is 0 Å². The summed E-state index contributed by atoms with van der Waals surface area (Å²) in [7, 11) is 0. The molecule has 0 aromatic heterocycles. The van der Waals surface area contributed by atoms with E-state index in [1.165, 1.54) is 37.7 Å². The molecule has 0 aliphatic heterocycles. The summed E-state index contributed by atoms with van der Waals surface area (Å²) in [6.45, 7) is 6.12. The second-order valence-corrected chi connectivity index (χ2v) is 6.51. The molecule has 3 atom stereocenters. The summed E-state index contributed by atoms with van der Waals surface area (Å²) in [6, 6.07) is 9.08. The molecular formula is C18H28N2O. The Morgan fingerprint density at radius 3 is 2.81 bits per heavy atom. The van der Waals surface area contributed by atoms with E-state index in [1.54, 1.807) is 6.92 Å². The molecule has 0 saturated heterocycles. The number of nitrogens with one attached hydrogen (secondary N) is 2. The van der Waals surface area contributed by atoms with Crippen LogP contribution in [0.15, 0.2) is 24.3 Å². The molecule has 21 heavy (non-hydrogen) atoms. The Hall–Kier alpha value is -1.35. The van der Waals surface area contributed by atoms with Gasteiger partial charge in [0, 0.05) is 24.7 Å². The van der Waals surface area contributed by atoms with Crippen LogP contribution in [0.5, 0.6) is 0 Å². The Bertz CT molecular complexity index is 472. The van der Waals surface area contributed by atoms with Crippen LogP contribution in [0.1, 0.15) is 64.5 Å². The Kier molecular flexibility index (Phi) is 5.80. The van der Waals surface area contributed by atoms with E-state index in [0.717, 1.165) is 11.6 Å². The summed E-state index contributed by atoms with van der Waals surface area (Å²) < 4.78 is 0. The predicted octanol–water partition coefficient (Wildman–Crippen LogP) is 4.26. The van der Waals surface area contributed by atoms with E-state index in [9.17, 15) is 4.79 Å². The number of hydrogen-bond acceptors (Lipinski definition) is 2. The molecule has 3 nitrogen and oxygen atoms in total. The van der Waals surface area contributed by atoms with Gasteiger partial charge in [0.15, 0.2) is 0 Å². The van der Waals surface area contributed by atoms with Crippen molar-refractivity contribution in [3.8, 4) is 0 Å². The fraction of sp³-hybridized carbons (Fsp3) is 0.611. The van der Waals surface area contributed by atoms with Gasteiger partial charge in [-0.25, -0.2) is 0 Å². The smallest absolute Gasteiger partial charge is 0.221 e. The number of anilines is 1. The second-order valence-electron chi connectivity index (χ2n) is 6.51. The zero-order valence-corrected chi connectivity index (χ0v) is 13.5. The van der Waals surface area contributed by atoms with Gasteiger partial charge in [-0.15, -0.1) is 0 Å². The third-order valence-corrected chi connectivity index (χ3v) is 4.45. The topological polar surface area (TPSA) is 41.1 Å². The molecule has 0 radical (unpaired) electrons. The lowest BCUT2D eigenvalue weighted by Crippen LogP contribution is -2.31.